The molecular formula is C16H30N4O3S+2. The Morgan fingerprint density at radius 1 is 1.21 bits per heavy atom. The molecule has 8 heteroatoms. The number of allylic oxidation sites excluding steroid dienone is 4. The minimum atomic E-state index is -3.53. The molecule has 1 amide bonds. The van der Waals surface area contributed by atoms with Gasteiger partial charge in [-0.25, -0.2) is 4.99 Å². The molecule has 0 spiro atoms. The van der Waals surface area contributed by atoms with Gasteiger partial charge in [-0.15, -0.1) is 10.4 Å². The van der Waals surface area contributed by atoms with Gasteiger partial charge in [0.05, 0.1) is 38.4 Å². The maximum Gasteiger partial charge on any atom is 1.00 e. The van der Waals surface area contributed by atoms with E-state index in [1.165, 1.54) is 12.2 Å². The van der Waals surface area contributed by atoms with Crippen LogP contribution >= 0.6 is 0 Å². The molecule has 4 N–H and O–H groups in total. The van der Waals surface area contributed by atoms with Crippen LogP contribution in [-0.2, 0) is 15.2 Å². The van der Waals surface area contributed by atoms with E-state index in [0.717, 1.165) is 19.6 Å². The van der Waals surface area contributed by atoms with Gasteiger partial charge in [-0.3, -0.25) is 4.79 Å². The summed E-state index contributed by atoms with van der Waals surface area (Å²) in [5.41, 5.74) is 4.07. The van der Waals surface area contributed by atoms with Crippen molar-refractivity contribution in [2.45, 2.75) is 20.8 Å². The number of aliphatic imine (C=N–C) groups is 1. The summed E-state index contributed by atoms with van der Waals surface area (Å²) in [4.78, 5) is 16.5. The highest BCUT2D eigenvalue weighted by Crippen LogP contribution is 2.08. The topological polar surface area (TPSA) is 115 Å². The molecule has 0 unspecified atom stereocenters. The largest absolute Gasteiger partial charge is 1.00 e. The second-order valence-corrected chi connectivity index (χ2v) is 7.47. The maximum absolute atomic E-state index is 12.2. The first-order valence-corrected chi connectivity index (χ1v) is 9.79. The first-order valence-electron chi connectivity index (χ1n) is 8.31. The smallest absolute Gasteiger partial charge is 0.634 e. The van der Waals surface area contributed by atoms with E-state index in [0.29, 0.717) is 23.3 Å². The lowest BCUT2D eigenvalue weighted by Gasteiger charge is -2.34. The monoisotopic (exact) mass is 358 g/mol. The van der Waals surface area contributed by atoms with Crippen molar-refractivity contribution >= 4 is 26.8 Å². The summed E-state index contributed by atoms with van der Waals surface area (Å²) < 4.78 is 27.1. The third kappa shape index (κ3) is 5.73. The fourth-order valence-electron chi connectivity index (χ4n) is 2.46. The summed E-state index contributed by atoms with van der Waals surface area (Å²) in [7, 11) is -3.53. The van der Waals surface area contributed by atoms with Crippen LogP contribution in [0, 0.1) is 0 Å². The van der Waals surface area contributed by atoms with Crippen molar-refractivity contribution in [1.82, 2.24) is 4.72 Å². The van der Waals surface area contributed by atoms with E-state index in [4.69, 9.17) is 0 Å². The van der Waals surface area contributed by atoms with Crippen LogP contribution in [0.4, 0.5) is 0 Å². The van der Waals surface area contributed by atoms with Crippen molar-refractivity contribution in [3.8, 4) is 0 Å². The molecule has 1 rings (SSSR count). The van der Waals surface area contributed by atoms with Gasteiger partial charge in [0.1, 0.15) is 4.86 Å². The van der Waals surface area contributed by atoms with E-state index in [1.54, 1.807) is 12.2 Å². The van der Waals surface area contributed by atoms with Gasteiger partial charge < -0.3 is 19.3 Å². The van der Waals surface area contributed by atoms with Crippen LogP contribution in [0.5, 0.6) is 0 Å². The Labute approximate surface area is 147 Å². The van der Waals surface area contributed by atoms with Gasteiger partial charge in [-0.05, 0) is 45.1 Å². The van der Waals surface area contributed by atoms with E-state index < -0.39 is 10.4 Å². The fraction of sp³-hybridized carbons (Fsp3) is 0.562. The zero-order chi connectivity index (χ0) is 18.2. The van der Waals surface area contributed by atoms with Crippen LogP contribution in [0.25, 0.3) is 0 Å². The number of carbonyl (C=O) groups excluding carboxylic acids is 1. The molecule has 1 aliphatic carbocycles. The molecular weight excluding hydrogens is 328 g/mol. The lowest BCUT2D eigenvalue weighted by molar-refractivity contribution is -0.915. The van der Waals surface area contributed by atoms with Gasteiger partial charge in [0, 0.05) is 0 Å². The molecule has 0 radical (unpaired) electrons. The van der Waals surface area contributed by atoms with Crippen molar-refractivity contribution in [3.63, 3.8) is 0 Å². The Bertz CT molecular complexity index is 566. The van der Waals surface area contributed by atoms with E-state index >= 15 is 0 Å². The van der Waals surface area contributed by atoms with Gasteiger partial charge in [-0.2, -0.15) is 4.72 Å². The lowest BCUT2D eigenvalue weighted by atomic mass is 10.2. The van der Waals surface area contributed by atoms with Crippen molar-refractivity contribution in [2.24, 2.45) is 4.99 Å². The molecule has 0 aromatic carbocycles. The number of carbonyl (C=O) groups is 1. The number of hydrogen-bond acceptors (Lipinski definition) is 4. The van der Waals surface area contributed by atoms with Gasteiger partial charge in [-0.1, -0.05) is 0 Å². The van der Waals surface area contributed by atoms with Crippen molar-refractivity contribution in [2.75, 3.05) is 39.3 Å². The predicted octanol–water partition coefficient (Wildman–Crippen LogP) is -0.597. The first kappa shape index (κ1) is 20.9. The van der Waals surface area contributed by atoms with Crippen LogP contribution in [0.1, 0.15) is 22.2 Å². The van der Waals surface area contributed by atoms with E-state index in [-0.39, 0.29) is 18.7 Å². The van der Waals surface area contributed by atoms with E-state index in [9.17, 15) is 13.9 Å². The van der Waals surface area contributed by atoms with E-state index in [1.807, 2.05) is 0 Å². The summed E-state index contributed by atoms with van der Waals surface area (Å²) in [5.74, 6) is -0.189. The normalized spacial score (nSPS) is 15.1. The van der Waals surface area contributed by atoms with Crippen LogP contribution in [-0.4, -0.2) is 69.3 Å². The van der Waals surface area contributed by atoms with Gasteiger partial charge in [0.15, 0.2) is 6.54 Å². The third-order valence-corrected chi connectivity index (χ3v) is 5.83. The Kier molecular flexibility index (Phi) is 8.14. The number of hydrogen-bond donors (Lipinski definition) is 2. The van der Waals surface area contributed by atoms with Crippen molar-refractivity contribution < 1.29 is 25.5 Å². The van der Waals surface area contributed by atoms with E-state index in [2.05, 4.69) is 36.2 Å². The molecule has 0 atom stereocenters. The molecule has 0 heterocycles. The molecule has 0 saturated carbocycles. The molecule has 0 aliphatic heterocycles. The average Bonchev–Trinajstić information content (AvgIpc) is 2.58. The third-order valence-electron chi connectivity index (χ3n) is 4.35. The Morgan fingerprint density at radius 2 is 1.75 bits per heavy atom. The summed E-state index contributed by atoms with van der Waals surface area (Å²) in [6.07, 6.45) is 6.02. The standard InChI is InChI=1S/C16H28N4O3S/c1-4-20(5-2,6-3)13-16(21)19-14-7-9-15(10-8-14)24(22,23)18-12-11-17/h7-10H,4-6,11-13,17H2,1-3H3,(H-2,18,19,21,22,23)/p+2. The molecule has 0 aromatic rings. The van der Waals surface area contributed by atoms with Crippen molar-refractivity contribution in [3.05, 3.63) is 24.3 Å². The SMILES string of the molecule is CC[N+](CC)(CC)CC(=O)N=C1C=CC(=[S+]([O-])([O-])NCC[NH3+])C=C1.[H+]. The average molecular weight is 359 g/mol. The zero-order valence-corrected chi connectivity index (χ0v) is 15.6. The second kappa shape index (κ2) is 9.36. The molecule has 0 saturated heterocycles. The molecule has 24 heavy (non-hydrogen) atoms. The van der Waals surface area contributed by atoms with Gasteiger partial charge in [0.2, 0.25) is 0 Å². The van der Waals surface area contributed by atoms with Gasteiger partial charge in [0.25, 0.3) is 0 Å². The highest BCUT2D eigenvalue weighted by Gasteiger charge is 2.24. The summed E-state index contributed by atoms with van der Waals surface area (Å²) >= 11 is 0. The molecule has 0 fully saturated rings. The summed E-state index contributed by atoms with van der Waals surface area (Å²) in [6, 6.07) is 0. The minimum Gasteiger partial charge on any atom is -0.634 e. The molecule has 0 aromatic heterocycles. The number of nitrogens with one attached hydrogen (secondary N) is 1. The number of rotatable bonds is 8. The number of nitrogens with zero attached hydrogens (tertiary/aromatic N) is 2. The van der Waals surface area contributed by atoms with Crippen LogP contribution < -0.4 is 10.5 Å². The number of likely N-dealkylation sites (N-methyl/N-ethyl adjacent to an activating group) is 1. The Hall–Kier alpha value is -1.16. The minimum absolute atomic E-state index is 0. The van der Waals surface area contributed by atoms with Crippen LogP contribution in [0.3, 0.4) is 0 Å². The Balaban J connectivity index is 0.00000576. The highest BCUT2D eigenvalue weighted by molar-refractivity contribution is 8.02. The summed E-state index contributed by atoms with van der Waals surface area (Å²) in [5, 5.41) is 0. The lowest BCUT2D eigenvalue weighted by Crippen LogP contribution is -2.56. The number of quaternary nitrogens is 2. The highest BCUT2D eigenvalue weighted by atomic mass is 32.3. The molecule has 136 valence electrons. The first-order chi connectivity index (χ1) is 11.3. The number of amides is 1. The zero-order valence-electron chi connectivity index (χ0n) is 15.8. The van der Waals surface area contributed by atoms with Crippen LogP contribution in [0.15, 0.2) is 29.3 Å². The fourth-order valence-corrected chi connectivity index (χ4v) is 3.54. The van der Waals surface area contributed by atoms with Gasteiger partial charge >= 0.3 is 7.33 Å². The Morgan fingerprint density at radius 3 is 2.21 bits per heavy atom. The predicted molar refractivity (Wildman–Crippen MR) is 98.3 cm³/mol. The van der Waals surface area contributed by atoms with Crippen molar-refractivity contribution in [1.29, 1.82) is 0 Å². The second-order valence-electron chi connectivity index (χ2n) is 5.70. The quantitative estimate of drug-likeness (QED) is 0.342. The molecule has 1 aliphatic rings. The molecule has 7 nitrogen and oxygen atoms in total. The van der Waals surface area contributed by atoms with Crippen LogP contribution in [0.2, 0.25) is 0 Å². The summed E-state index contributed by atoms with van der Waals surface area (Å²) in [6.45, 7) is 9.96. The molecule has 0 bridgehead atoms. The maximum atomic E-state index is 12.2.